The molecule has 0 unspecified atom stereocenters. The van der Waals surface area contributed by atoms with Gasteiger partial charge in [0.1, 0.15) is 11.5 Å². The molecule has 3 aromatic rings. The normalized spacial score (nSPS) is 16.0. The van der Waals surface area contributed by atoms with Crippen LogP contribution in [0.1, 0.15) is 11.1 Å². The molecule has 0 spiro atoms. The van der Waals surface area contributed by atoms with Gasteiger partial charge in [-0.2, -0.15) is 0 Å². The van der Waals surface area contributed by atoms with E-state index in [0.29, 0.717) is 11.3 Å². The highest BCUT2D eigenvalue weighted by Crippen LogP contribution is 2.44. The fourth-order valence-corrected chi connectivity index (χ4v) is 3.57. The van der Waals surface area contributed by atoms with E-state index in [4.69, 9.17) is 4.74 Å². The highest BCUT2D eigenvalue weighted by molar-refractivity contribution is 6.71. The molecule has 0 saturated heterocycles. The standard InChI is InChI=1S/C23H12O4/c24-17-12-19-21(23(26)22(17)25)20(13-6-2-1-3-7-13)16-10-14-8-4-5-9-15(14)11-18(16)27-19/h1-12H. The minimum Gasteiger partial charge on any atom is -0.456 e. The third-order valence-corrected chi connectivity index (χ3v) is 4.82. The summed E-state index contributed by atoms with van der Waals surface area (Å²) in [6.45, 7) is 0. The summed E-state index contributed by atoms with van der Waals surface area (Å²) >= 11 is 0. The molecule has 0 bridgehead atoms. The number of fused-ring (bicyclic) bond motifs is 3. The highest BCUT2D eigenvalue weighted by Gasteiger charge is 2.39. The summed E-state index contributed by atoms with van der Waals surface area (Å²) in [7, 11) is 0. The average Bonchev–Trinajstić information content (AvgIpc) is 2.70. The molecule has 0 N–H and O–H groups in total. The average molecular weight is 352 g/mol. The van der Waals surface area contributed by atoms with E-state index in [9.17, 15) is 14.4 Å². The molecule has 128 valence electrons. The van der Waals surface area contributed by atoms with E-state index >= 15 is 0 Å². The van der Waals surface area contributed by atoms with E-state index in [0.717, 1.165) is 28.0 Å². The number of carbonyl (C=O) groups excluding carboxylic acids is 3. The quantitative estimate of drug-likeness (QED) is 0.628. The van der Waals surface area contributed by atoms with E-state index in [2.05, 4.69) is 0 Å². The zero-order valence-electron chi connectivity index (χ0n) is 14.1. The summed E-state index contributed by atoms with van der Waals surface area (Å²) in [5.41, 5.74) is 2.27. The first kappa shape index (κ1) is 15.5. The van der Waals surface area contributed by atoms with Gasteiger partial charge in [0.25, 0.3) is 5.78 Å². The minimum atomic E-state index is -1.03. The third-order valence-electron chi connectivity index (χ3n) is 4.82. The Morgan fingerprint density at radius 2 is 1.33 bits per heavy atom. The number of ketones is 3. The van der Waals surface area contributed by atoms with Gasteiger partial charge in [0.05, 0.1) is 5.57 Å². The molecule has 1 aliphatic carbocycles. The number of benzene rings is 3. The van der Waals surface area contributed by atoms with Crippen molar-refractivity contribution in [1.29, 1.82) is 0 Å². The van der Waals surface area contributed by atoms with E-state index in [1.165, 1.54) is 0 Å². The zero-order valence-corrected chi connectivity index (χ0v) is 14.1. The minimum absolute atomic E-state index is 0.131. The van der Waals surface area contributed by atoms with Crippen molar-refractivity contribution < 1.29 is 19.1 Å². The van der Waals surface area contributed by atoms with Crippen LogP contribution < -0.4 is 4.74 Å². The zero-order chi connectivity index (χ0) is 18.5. The van der Waals surface area contributed by atoms with Crippen LogP contribution in [0.15, 0.2) is 84.1 Å². The Bertz CT molecular complexity index is 1230. The maximum Gasteiger partial charge on any atom is 0.273 e. The molecule has 0 saturated carbocycles. The van der Waals surface area contributed by atoms with Crippen LogP contribution in [0.25, 0.3) is 16.3 Å². The number of hydrogen-bond acceptors (Lipinski definition) is 4. The lowest BCUT2D eigenvalue weighted by Gasteiger charge is -2.27. The van der Waals surface area contributed by atoms with E-state index in [-0.39, 0.29) is 11.3 Å². The largest absolute Gasteiger partial charge is 0.456 e. The first-order valence-corrected chi connectivity index (χ1v) is 8.49. The van der Waals surface area contributed by atoms with Crippen LogP contribution in [0.5, 0.6) is 5.75 Å². The second-order valence-corrected chi connectivity index (χ2v) is 6.44. The Kier molecular flexibility index (Phi) is 3.21. The van der Waals surface area contributed by atoms with Crippen LogP contribution in [0.4, 0.5) is 0 Å². The molecule has 0 aromatic heterocycles. The summed E-state index contributed by atoms with van der Waals surface area (Å²) in [6.07, 6.45) is 1.11. The number of Topliss-reactive ketones (excluding diaryl/α,β-unsaturated/α-hetero) is 2. The van der Waals surface area contributed by atoms with Gasteiger partial charge in [-0.25, -0.2) is 0 Å². The molecule has 27 heavy (non-hydrogen) atoms. The molecular weight excluding hydrogens is 340 g/mol. The highest BCUT2D eigenvalue weighted by atomic mass is 16.5. The first-order chi connectivity index (χ1) is 13.1. The van der Waals surface area contributed by atoms with Gasteiger partial charge in [-0.15, -0.1) is 0 Å². The summed E-state index contributed by atoms with van der Waals surface area (Å²) < 4.78 is 5.89. The number of ether oxygens (including phenoxy) is 1. The Balaban J connectivity index is 1.90. The maximum atomic E-state index is 12.7. The number of allylic oxidation sites excluding steroid dienone is 2. The topological polar surface area (TPSA) is 60.4 Å². The lowest BCUT2D eigenvalue weighted by Crippen LogP contribution is -2.33. The van der Waals surface area contributed by atoms with E-state index < -0.39 is 17.3 Å². The number of carbonyl (C=O) groups is 3. The molecule has 3 aromatic carbocycles. The van der Waals surface area contributed by atoms with Crippen molar-refractivity contribution in [2.24, 2.45) is 0 Å². The SMILES string of the molecule is O=C1C=C2Oc3cc4ccccc4cc3C(c3ccccc3)=C2C(=O)C1=O. The van der Waals surface area contributed by atoms with Gasteiger partial charge >= 0.3 is 0 Å². The molecule has 0 radical (unpaired) electrons. The molecule has 0 fully saturated rings. The van der Waals surface area contributed by atoms with Crippen molar-refractivity contribution in [3.63, 3.8) is 0 Å². The second kappa shape index (κ2) is 5.61. The van der Waals surface area contributed by atoms with Crippen molar-refractivity contribution in [2.75, 3.05) is 0 Å². The third kappa shape index (κ3) is 2.27. The summed E-state index contributed by atoms with van der Waals surface area (Å²) in [4.78, 5) is 36.6. The van der Waals surface area contributed by atoms with Crippen LogP contribution in [0.2, 0.25) is 0 Å². The maximum absolute atomic E-state index is 12.7. The monoisotopic (exact) mass is 352 g/mol. The van der Waals surface area contributed by atoms with Crippen molar-refractivity contribution in [1.82, 2.24) is 0 Å². The van der Waals surface area contributed by atoms with Gasteiger partial charge in [0.2, 0.25) is 11.6 Å². The van der Waals surface area contributed by atoms with Gasteiger partial charge in [0.15, 0.2) is 0 Å². The fraction of sp³-hybridized carbons (Fsp3) is 0. The van der Waals surface area contributed by atoms with Gasteiger partial charge < -0.3 is 4.74 Å². The Morgan fingerprint density at radius 3 is 2.07 bits per heavy atom. The van der Waals surface area contributed by atoms with Gasteiger partial charge in [-0.1, -0.05) is 54.6 Å². The van der Waals surface area contributed by atoms with Gasteiger partial charge in [-0.3, -0.25) is 14.4 Å². The molecule has 4 heteroatoms. The fourth-order valence-electron chi connectivity index (χ4n) is 3.57. The van der Waals surface area contributed by atoms with Crippen LogP contribution >= 0.6 is 0 Å². The molecule has 0 amide bonds. The van der Waals surface area contributed by atoms with Crippen LogP contribution in [0.3, 0.4) is 0 Å². The van der Waals surface area contributed by atoms with Gasteiger partial charge in [-0.05, 0) is 28.5 Å². The lowest BCUT2D eigenvalue weighted by atomic mass is 9.83. The van der Waals surface area contributed by atoms with Crippen molar-refractivity contribution >= 4 is 33.7 Å². The van der Waals surface area contributed by atoms with Gasteiger partial charge in [0, 0.05) is 17.2 Å². The second-order valence-electron chi connectivity index (χ2n) is 6.44. The predicted octanol–water partition coefficient (Wildman–Crippen LogP) is 3.64. The Morgan fingerprint density at radius 1 is 0.667 bits per heavy atom. The molecule has 1 heterocycles. The van der Waals surface area contributed by atoms with Crippen LogP contribution in [-0.4, -0.2) is 17.3 Å². The first-order valence-electron chi connectivity index (χ1n) is 8.49. The summed E-state index contributed by atoms with van der Waals surface area (Å²) in [6, 6.07) is 21.0. The molecule has 5 rings (SSSR count). The molecule has 1 aliphatic heterocycles. The Hall–Kier alpha value is -3.79. The molecule has 4 nitrogen and oxygen atoms in total. The van der Waals surface area contributed by atoms with Crippen molar-refractivity contribution in [3.05, 3.63) is 95.3 Å². The number of rotatable bonds is 1. The van der Waals surface area contributed by atoms with Crippen LogP contribution in [-0.2, 0) is 14.4 Å². The predicted molar refractivity (Wildman–Crippen MR) is 100 cm³/mol. The van der Waals surface area contributed by atoms with Crippen LogP contribution in [0, 0.1) is 0 Å². The van der Waals surface area contributed by atoms with E-state index in [1.807, 2.05) is 66.7 Å². The summed E-state index contributed by atoms with van der Waals surface area (Å²) in [5, 5.41) is 1.98. The molecular formula is C23H12O4. The number of hydrogen-bond donors (Lipinski definition) is 0. The van der Waals surface area contributed by atoms with E-state index in [1.54, 1.807) is 0 Å². The Labute approximate surface area is 154 Å². The lowest BCUT2D eigenvalue weighted by molar-refractivity contribution is -0.141. The molecule has 0 atom stereocenters. The molecule has 2 aliphatic rings. The van der Waals surface area contributed by atoms with Crippen molar-refractivity contribution in [2.45, 2.75) is 0 Å². The summed E-state index contributed by atoms with van der Waals surface area (Å²) in [5.74, 6) is -2.02. The van der Waals surface area contributed by atoms with Crippen molar-refractivity contribution in [3.8, 4) is 5.75 Å². The smallest absolute Gasteiger partial charge is 0.273 e.